The first kappa shape index (κ1) is 10.3. The highest BCUT2D eigenvalue weighted by Gasteiger charge is 2.19. The molecule has 12 heavy (non-hydrogen) atoms. The minimum atomic E-state index is -0.481. The van der Waals surface area contributed by atoms with Crippen LogP contribution in [0.15, 0.2) is 20.9 Å². The van der Waals surface area contributed by atoms with Gasteiger partial charge in [-0.2, -0.15) is 0 Å². The Labute approximate surface area is 89.7 Å². The Hall–Kier alpha value is 0.260. The van der Waals surface area contributed by atoms with E-state index in [4.69, 9.17) is 4.74 Å². The van der Waals surface area contributed by atoms with E-state index in [0.29, 0.717) is 12.2 Å². The van der Waals surface area contributed by atoms with E-state index in [1.807, 2.05) is 5.41 Å². The summed E-state index contributed by atoms with van der Waals surface area (Å²) in [5.41, 5.74) is 0.625. The van der Waals surface area contributed by atoms with E-state index in [2.05, 4.69) is 30.7 Å². The highest BCUT2D eigenvalue weighted by molar-refractivity contribution is 9.56. The Morgan fingerprint density at radius 2 is 2.42 bits per heavy atom. The van der Waals surface area contributed by atoms with Gasteiger partial charge in [0.15, 0.2) is 0 Å². The van der Waals surface area contributed by atoms with Gasteiger partial charge in [0.1, 0.15) is 0 Å². The number of carbonyl (C=O) groups is 1. The topological polar surface area (TPSA) is 26.3 Å². The van der Waals surface area contributed by atoms with E-state index >= 15 is 0 Å². The molecule has 0 aliphatic carbocycles. The second-order valence-electron chi connectivity index (χ2n) is 2.05. The summed E-state index contributed by atoms with van der Waals surface area (Å²) in [7, 11) is -0.481. The fourth-order valence-electron chi connectivity index (χ4n) is 0.750. The fourth-order valence-corrected chi connectivity index (χ4v) is 3.13. The predicted octanol–water partition coefficient (Wildman–Crippen LogP) is 2.99. The summed E-state index contributed by atoms with van der Waals surface area (Å²) in [6, 6.07) is 0. The van der Waals surface area contributed by atoms with Crippen LogP contribution in [0.3, 0.4) is 0 Å². The van der Waals surface area contributed by atoms with E-state index < -0.39 is 9.33 Å². The molecule has 2 nitrogen and oxygen atoms in total. The van der Waals surface area contributed by atoms with E-state index in [1.54, 1.807) is 13.0 Å². The average Bonchev–Trinajstić information content (AvgIpc) is 2.34. The summed E-state index contributed by atoms with van der Waals surface area (Å²) in [5, 5.41) is 1.95. The van der Waals surface area contributed by atoms with Gasteiger partial charge in [0.25, 0.3) is 0 Å². The lowest BCUT2D eigenvalue weighted by atomic mass is 10.3. The van der Waals surface area contributed by atoms with Crippen molar-refractivity contribution in [1.29, 1.82) is 0 Å². The van der Waals surface area contributed by atoms with Crippen LogP contribution in [0.2, 0.25) is 0 Å². The second-order valence-corrected chi connectivity index (χ2v) is 7.12. The molecule has 1 aliphatic heterocycles. The zero-order chi connectivity index (χ0) is 9.14. The third-order valence-electron chi connectivity index (χ3n) is 1.28. The van der Waals surface area contributed by atoms with Crippen molar-refractivity contribution in [3.8, 4) is 0 Å². The van der Waals surface area contributed by atoms with Crippen LogP contribution in [0.4, 0.5) is 0 Å². The van der Waals surface area contributed by atoms with Crippen molar-refractivity contribution in [3.05, 3.63) is 20.9 Å². The Morgan fingerprint density at radius 1 is 1.75 bits per heavy atom. The van der Waals surface area contributed by atoms with Crippen molar-refractivity contribution in [2.75, 3.05) is 6.61 Å². The van der Waals surface area contributed by atoms with Crippen molar-refractivity contribution in [3.63, 3.8) is 0 Å². The minimum Gasteiger partial charge on any atom is -0.462 e. The normalized spacial score (nSPS) is 24.8. The smallest absolute Gasteiger partial charge is 0.339 e. The molecule has 0 aromatic carbocycles. The van der Waals surface area contributed by atoms with E-state index in [-0.39, 0.29) is 5.97 Å². The molecular formula is C7H8Br2O2S. The lowest BCUT2D eigenvalue weighted by Gasteiger charge is -2.04. The number of halogens is 2. The van der Waals surface area contributed by atoms with E-state index in [0.717, 1.165) is 3.81 Å². The molecule has 0 saturated carbocycles. The molecule has 0 radical (unpaired) electrons. The van der Waals surface area contributed by atoms with E-state index in [9.17, 15) is 4.79 Å². The maximum Gasteiger partial charge on any atom is 0.339 e. The number of thiol groups is 1. The molecule has 0 amide bonds. The first-order valence-corrected chi connectivity index (χ1v) is 7.59. The zero-order valence-corrected chi connectivity index (χ0v) is 10.4. The lowest BCUT2D eigenvalue weighted by Crippen LogP contribution is -2.05. The zero-order valence-electron chi connectivity index (χ0n) is 6.38. The number of ether oxygens (including phenoxy) is 1. The predicted molar refractivity (Wildman–Crippen MR) is 59.6 cm³/mol. The van der Waals surface area contributed by atoms with Gasteiger partial charge in [-0.25, -0.2) is 4.79 Å². The van der Waals surface area contributed by atoms with Crippen LogP contribution in [0.1, 0.15) is 6.92 Å². The molecule has 0 N–H and O–H groups in total. The Bertz CT molecular complexity index is 260. The molecule has 1 rings (SSSR count). The molecule has 0 saturated heterocycles. The van der Waals surface area contributed by atoms with Gasteiger partial charge in [0, 0.05) is 0 Å². The SMILES string of the molecule is CCOC(=O)C1=C(Br)[SH](Br)C=C1. The maximum absolute atomic E-state index is 11.2. The monoisotopic (exact) mass is 314 g/mol. The van der Waals surface area contributed by atoms with Gasteiger partial charge in [-0.1, -0.05) is 0 Å². The molecule has 0 spiro atoms. The highest BCUT2D eigenvalue weighted by atomic mass is 79.9. The number of hydrogen-bond donors (Lipinski definition) is 1. The molecule has 1 atom stereocenters. The molecule has 0 aromatic heterocycles. The quantitative estimate of drug-likeness (QED) is 0.626. The highest BCUT2D eigenvalue weighted by Crippen LogP contribution is 2.53. The molecule has 68 valence electrons. The minimum absolute atomic E-state index is 0.259. The van der Waals surface area contributed by atoms with Crippen molar-refractivity contribution < 1.29 is 9.53 Å². The first-order valence-electron chi connectivity index (χ1n) is 3.37. The van der Waals surface area contributed by atoms with Gasteiger partial charge < -0.3 is 4.74 Å². The molecular weight excluding hydrogens is 308 g/mol. The second kappa shape index (κ2) is 4.48. The van der Waals surface area contributed by atoms with Crippen molar-refractivity contribution in [1.82, 2.24) is 0 Å². The number of hydrogen-bond acceptors (Lipinski definition) is 2. The molecule has 0 fully saturated rings. The molecule has 5 heteroatoms. The summed E-state index contributed by atoms with van der Waals surface area (Å²) in [5.74, 6) is -0.259. The Balaban J connectivity index is 2.75. The van der Waals surface area contributed by atoms with Crippen LogP contribution in [-0.4, -0.2) is 12.6 Å². The van der Waals surface area contributed by atoms with Crippen molar-refractivity contribution >= 4 is 46.0 Å². The van der Waals surface area contributed by atoms with Crippen LogP contribution in [0.25, 0.3) is 0 Å². The van der Waals surface area contributed by atoms with Crippen LogP contribution in [0, 0.1) is 0 Å². The van der Waals surface area contributed by atoms with Crippen LogP contribution < -0.4 is 0 Å². The standard InChI is InChI=1S/C7H8Br2O2S/c1-2-11-7(10)5-3-4-12(9)6(5)8/h3-4,12H,2H2,1H3. The lowest BCUT2D eigenvalue weighted by molar-refractivity contribution is -0.138. The van der Waals surface area contributed by atoms with Crippen LogP contribution >= 0.6 is 40.1 Å². The summed E-state index contributed by atoms with van der Waals surface area (Å²) < 4.78 is 5.76. The largest absolute Gasteiger partial charge is 0.462 e. The van der Waals surface area contributed by atoms with Crippen LogP contribution in [0.5, 0.6) is 0 Å². The maximum atomic E-state index is 11.2. The summed E-state index contributed by atoms with van der Waals surface area (Å²) >= 11 is 6.77. The van der Waals surface area contributed by atoms with Gasteiger partial charge in [0.05, 0.1) is 16.0 Å². The van der Waals surface area contributed by atoms with Gasteiger partial charge in [-0.15, -0.1) is 9.33 Å². The van der Waals surface area contributed by atoms with Gasteiger partial charge in [-0.05, 0) is 49.2 Å². The van der Waals surface area contributed by atoms with Crippen molar-refractivity contribution in [2.24, 2.45) is 0 Å². The number of carbonyl (C=O) groups excluding carboxylic acids is 1. The van der Waals surface area contributed by atoms with Gasteiger partial charge in [0.2, 0.25) is 0 Å². The third-order valence-corrected chi connectivity index (χ3v) is 7.08. The summed E-state index contributed by atoms with van der Waals surface area (Å²) in [4.78, 5) is 11.2. The molecule has 1 aliphatic rings. The van der Waals surface area contributed by atoms with Gasteiger partial charge in [-0.3, -0.25) is 0 Å². The Morgan fingerprint density at radius 3 is 2.83 bits per heavy atom. The number of esters is 1. The van der Waals surface area contributed by atoms with Crippen molar-refractivity contribution in [2.45, 2.75) is 6.92 Å². The Kier molecular flexibility index (Phi) is 3.86. The average molecular weight is 316 g/mol. The summed E-state index contributed by atoms with van der Waals surface area (Å²) in [6.45, 7) is 2.21. The molecule has 1 heterocycles. The fraction of sp³-hybridized carbons (Fsp3) is 0.286. The molecule has 1 unspecified atom stereocenters. The van der Waals surface area contributed by atoms with Crippen LogP contribution in [-0.2, 0) is 9.53 Å². The third kappa shape index (κ3) is 2.14. The molecule has 0 aromatic rings. The summed E-state index contributed by atoms with van der Waals surface area (Å²) in [6.07, 6.45) is 1.78. The number of rotatable bonds is 2. The van der Waals surface area contributed by atoms with E-state index in [1.165, 1.54) is 0 Å². The first-order chi connectivity index (χ1) is 5.66. The molecule has 0 bridgehead atoms. The van der Waals surface area contributed by atoms with Gasteiger partial charge >= 0.3 is 5.97 Å².